The first-order chi connectivity index (χ1) is 13.1. The summed E-state index contributed by atoms with van der Waals surface area (Å²) in [6.07, 6.45) is 3.19. The zero-order chi connectivity index (χ0) is 19.2. The molecule has 0 fully saturated rings. The molecule has 3 rings (SSSR count). The predicted molar refractivity (Wildman–Crippen MR) is 106 cm³/mol. The predicted octanol–water partition coefficient (Wildman–Crippen LogP) is 2.90. The van der Waals surface area contributed by atoms with Crippen molar-refractivity contribution in [3.63, 3.8) is 0 Å². The minimum absolute atomic E-state index is 0.164. The van der Waals surface area contributed by atoms with Crippen LogP contribution < -0.4 is 16.2 Å². The van der Waals surface area contributed by atoms with Crippen LogP contribution in [0.4, 0.5) is 5.82 Å². The van der Waals surface area contributed by atoms with E-state index >= 15 is 0 Å². The highest BCUT2D eigenvalue weighted by Crippen LogP contribution is 2.15. The Kier molecular flexibility index (Phi) is 5.66. The molecule has 0 saturated heterocycles. The number of carbonyl (C=O) groups excluding carboxylic acids is 1. The van der Waals surface area contributed by atoms with Gasteiger partial charge in [0, 0.05) is 31.0 Å². The molecule has 138 valence electrons. The zero-order valence-corrected chi connectivity index (χ0v) is 15.4. The molecule has 0 atom stereocenters. The lowest BCUT2D eigenvalue weighted by Gasteiger charge is -2.13. The van der Waals surface area contributed by atoms with E-state index < -0.39 is 0 Å². The molecule has 0 spiro atoms. The molecule has 3 aromatic rings. The van der Waals surface area contributed by atoms with E-state index in [1.807, 2.05) is 50.2 Å². The SMILES string of the molecule is CCNC(=O)c1ccc(C)c(-n2ccnc(NCc3ccccc3)c2=O)c1. The van der Waals surface area contributed by atoms with Gasteiger partial charge in [-0.05, 0) is 37.1 Å². The van der Waals surface area contributed by atoms with Crippen LogP contribution in [0.25, 0.3) is 5.69 Å². The van der Waals surface area contributed by atoms with Gasteiger partial charge in [-0.25, -0.2) is 4.98 Å². The first kappa shape index (κ1) is 18.4. The van der Waals surface area contributed by atoms with E-state index in [1.165, 1.54) is 4.57 Å². The van der Waals surface area contributed by atoms with Crippen molar-refractivity contribution in [1.82, 2.24) is 14.9 Å². The van der Waals surface area contributed by atoms with E-state index in [0.29, 0.717) is 24.3 Å². The second-order valence-corrected chi connectivity index (χ2v) is 6.15. The smallest absolute Gasteiger partial charge is 0.297 e. The van der Waals surface area contributed by atoms with E-state index in [0.717, 1.165) is 11.1 Å². The lowest BCUT2D eigenvalue weighted by molar-refractivity contribution is 0.0956. The molecule has 2 N–H and O–H groups in total. The Hall–Kier alpha value is -3.41. The summed E-state index contributed by atoms with van der Waals surface area (Å²) < 4.78 is 1.51. The molecule has 1 amide bonds. The van der Waals surface area contributed by atoms with E-state index in [4.69, 9.17) is 0 Å². The van der Waals surface area contributed by atoms with Crippen LogP contribution >= 0.6 is 0 Å². The summed E-state index contributed by atoms with van der Waals surface area (Å²) in [5, 5.41) is 5.87. The largest absolute Gasteiger partial charge is 0.361 e. The number of aryl methyl sites for hydroxylation is 1. The van der Waals surface area contributed by atoms with Gasteiger partial charge in [-0.15, -0.1) is 0 Å². The minimum Gasteiger partial charge on any atom is -0.361 e. The highest BCUT2D eigenvalue weighted by molar-refractivity contribution is 5.94. The Morgan fingerprint density at radius 2 is 1.93 bits per heavy atom. The van der Waals surface area contributed by atoms with Gasteiger partial charge in [0.05, 0.1) is 5.69 Å². The maximum absolute atomic E-state index is 12.9. The molecule has 0 aliphatic rings. The number of amides is 1. The molecule has 27 heavy (non-hydrogen) atoms. The first-order valence-corrected chi connectivity index (χ1v) is 8.85. The summed E-state index contributed by atoms with van der Waals surface area (Å²) in [5.41, 5.74) is 2.87. The third kappa shape index (κ3) is 4.23. The first-order valence-electron chi connectivity index (χ1n) is 8.85. The van der Waals surface area contributed by atoms with Gasteiger partial charge < -0.3 is 10.6 Å². The van der Waals surface area contributed by atoms with Crippen molar-refractivity contribution >= 4 is 11.7 Å². The molecular weight excluding hydrogens is 340 g/mol. The minimum atomic E-state index is -0.260. The molecule has 2 aromatic carbocycles. The van der Waals surface area contributed by atoms with E-state index in [-0.39, 0.29) is 17.3 Å². The molecule has 0 radical (unpaired) electrons. The van der Waals surface area contributed by atoms with Gasteiger partial charge in [-0.3, -0.25) is 14.2 Å². The molecule has 0 unspecified atom stereocenters. The van der Waals surface area contributed by atoms with Crippen LogP contribution in [0.3, 0.4) is 0 Å². The number of hydrogen-bond donors (Lipinski definition) is 2. The Balaban J connectivity index is 1.92. The van der Waals surface area contributed by atoms with Gasteiger partial charge in [-0.1, -0.05) is 36.4 Å². The van der Waals surface area contributed by atoms with Gasteiger partial charge in [0.25, 0.3) is 11.5 Å². The molecule has 1 heterocycles. The highest BCUT2D eigenvalue weighted by Gasteiger charge is 2.12. The van der Waals surface area contributed by atoms with Gasteiger partial charge in [-0.2, -0.15) is 0 Å². The van der Waals surface area contributed by atoms with Crippen molar-refractivity contribution in [2.75, 3.05) is 11.9 Å². The molecule has 0 bridgehead atoms. The summed E-state index contributed by atoms with van der Waals surface area (Å²) in [7, 11) is 0. The number of anilines is 1. The summed E-state index contributed by atoms with van der Waals surface area (Å²) in [4.78, 5) is 29.2. The average Bonchev–Trinajstić information content (AvgIpc) is 2.69. The summed E-state index contributed by atoms with van der Waals surface area (Å²) >= 11 is 0. The van der Waals surface area contributed by atoms with Crippen LogP contribution in [0.2, 0.25) is 0 Å². The van der Waals surface area contributed by atoms with E-state index in [1.54, 1.807) is 24.5 Å². The van der Waals surface area contributed by atoms with Gasteiger partial charge in [0.15, 0.2) is 5.82 Å². The lowest BCUT2D eigenvalue weighted by Crippen LogP contribution is -2.25. The number of rotatable bonds is 6. The van der Waals surface area contributed by atoms with Gasteiger partial charge in [0.1, 0.15) is 0 Å². The van der Waals surface area contributed by atoms with E-state index in [2.05, 4.69) is 15.6 Å². The summed E-state index contributed by atoms with van der Waals surface area (Å²) in [6.45, 7) is 4.82. The number of nitrogens with zero attached hydrogens (tertiary/aromatic N) is 2. The van der Waals surface area contributed by atoms with Crippen molar-refractivity contribution in [1.29, 1.82) is 0 Å². The van der Waals surface area contributed by atoms with Crippen LogP contribution in [0, 0.1) is 6.92 Å². The lowest BCUT2D eigenvalue weighted by atomic mass is 10.1. The molecule has 0 aliphatic heterocycles. The second-order valence-electron chi connectivity index (χ2n) is 6.15. The molecule has 0 aliphatic carbocycles. The maximum atomic E-state index is 12.9. The normalized spacial score (nSPS) is 10.4. The second kappa shape index (κ2) is 8.31. The highest BCUT2D eigenvalue weighted by atomic mass is 16.1. The van der Waals surface area contributed by atoms with Gasteiger partial charge in [0.2, 0.25) is 0 Å². The van der Waals surface area contributed by atoms with Gasteiger partial charge >= 0.3 is 0 Å². The van der Waals surface area contributed by atoms with E-state index in [9.17, 15) is 9.59 Å². The molecule has 6 heteroatoms. The maximum Gasteiger partial charge on any atom is 0.297 e. The number of nitrogens with one attached hydrogen (secondary N) is 2. The average molecular weight is 362 g/mol. The quantitative estimate of drug-likeness (QED) is 0.707. The van der Waals surface area contributed by atoms with Crippen molar-refractivity contribution in [2.45, 2.75) is 20.4 Å². The van der Waals surface area contributed by atoms with Crippen molar-refractivity contribution in [2.24, 2.45) is 0 Å². The van der Waals surface area contributed by atoms with Crippen LogP contribution in [0.1, 0.15) is 28.4 Å². The Bertz CT molecular complexity index is 997. The fourth-order valence-corrected chi connectivity index (χ4v) is 2.78. The third-order valence-corrected chi connectivity index (χ3v) is 4.21. The molecule has 0 saturated carbocycles. The molecule has 1 aromatic heterocycles. The Morgan fingerprint density at radius 3 is 2.67 bits per heavy atom. The topological polar surface area (TPSA) is 76.0 Å². The fourth-order valence-electron chi connectivity index (χ4n) is 2.78. The van der Waals surface area contributed by atoms with Crippen LogP contribution in [-0.4, -0.2) is 22.0 Å². The number of carbonyl (C=O) groups is 1. The summed E-state index contributed by atoms with van der Waals surface area (Å²) in [6, 6.07) is 15.1. The van der Waals surface area contributed by atoms with Crippen LogP contribution in [-0.2, 0) is 6.54 Å². The third-order valence-electron chi connectivity index (χ3n) is 4.21. The molecular formula is C21H22N4O2. The van der Waals surface area contributed by atoms with Crippen LogP contribution in [0.15, 0.2) is 65.7 Å². The number of hydrogen-bond acceptors (Lipinski definition) is 4. The van der Waals surface area contributed by atoms with Crippen molar-refractivity contribution < 1.29 is 4.79 Å². The Morgan fingerprint density at radius 1 is 1.15 bits per heavy atom. The van der Waals surface area contributed by atoms with Crippen molar-refractivity contribution in [3.8, 4) is 5.69 Å². The summed E-state index contributed by atoms with van der Waals surface area (Å²) in [5.74, 6) is 0.104. The Labute approximate surface area is 157 Å². The fraction of sp³-hybridized carbons (Fsp3) is 0.190. The van der Waals surface area contributed by atoms with Crippen LogP contribution in [0.5, 0.6) is 0 Å². The monoisotopic (exact) mass is 362 g/mol. The zero-order valence-electron chi connectivity index (χ0n) is 15.4. The number of aromatic nitrogens is 2. The standard InChI is InChI=1S/C21H22N4O2/c1-3-22-20(26)17-10-9-15(2)18(13-17)25-12-11-23-19(21(25)27)24-14-16-7-5-4-6-8-16/h4-13H,3,14H2,1-2H3,(H,22,26)(H,23,24). The number of benzene rings is 2. The molecule has 6 nitrogen and oxygen atoms in total. The van der Waals surface area contributed by atoms with Crippen molar-refractivity contribution in [3.05, 3.63) is 88.0 Å².